The van der Waals surface area contributed by atoms with Crippen LogP contribution in [0.5, 0.6) is 0 Å². The van der Waals surface area contributed by atoms with Crippen LogP contribution < -0.4 is 0 Å². The number of thiophene rings is 1. The van der Waals surface area contributed by atoms with Crippen LogP contribution in [0.1, 0.15) is 29.4 Å². The lowest BCUT2D eigenvalue weighted by Crippen LogP contribution is -1.97. The first-order chi connectivity index (χ1) is 7.25. The van der Waals surface area contributed by atoms with Gasteiger partial charge in [0.05, 0.1) is 12.4 Å². The van der Waals surface area contributed by atoms with Crippen molar-refractivity contribution in [2.24, 2.45) is 0 Å². The molecule has 3 heteroatoms. The molecule has 1 unspecified atom stereocenters. The van der Waals surface area contributed by atoms with Crippen molar-refractivity contribution in [3.63, 3.8) is 0 Å². The first kappa shape index (κ1) is 10.5. The van der Waals surface area contributed by atoms with E-state index in [4.69, 9.17) is 4.42 Å². The molecule has 2 rings (SSSR count). The highest BCUT2D eigenvalue weighted by Crippen LogP contribution is 2.21. The highest BCUT2D eigenvalue weighted by molar-refractivity contribution is 7.07. The average Bonchev–Trinajstić information content (AvgIpc) is 2.84. The van der Waals surface area contributed by atoms with Crippen molar-refractivity contribution in [1.29, 1.82) is 0 Å². The van der Waals surface area contributed by atoms with Gasteiger partial charge in [-0.05, 0) is 48.2 Å². The van der Waals surface area contributed by atoms with Crippen LogP contribution in [0.15, 0.2) is 33.6 Å². The van der Waals surface area contributed by atoms with E-state index < -0.39 is 6.10 Å². The zero-order chi connectivity index (χ0) is 10.7. The van der Waals surface area contributed by atoms with Crippen LogP contribution in [0, 0.1) is 6.92 Å². The van der Waals surface area contributed by atoms with Gasteiger partial charge in [0.2, 0.25) is 0 Å². The van der Waals surface area contributed by atoms with Crippen LogP contribution in [-0.4, -0.2) is 5.11 Å². The maximum Gasteiger partial charge on any atom is 0.101 e. The Kier molecular flexibility index (Phi) is 3.23. The van der Waals surface area contributed by atoms with Crippen molar-refractivity contribution in [3.05, 3.63) is 46.0 Å². The molecule has 0 aromatic carbocycles. The Morgan fingerprint density at radius 2 is 2.40 bits per heavy atom. The first-order valence-corrected chi connectivity index (χ1v) is 5.94. The number of aliphatic hydroxyl groups excluding tert-OH is 1. The number of aryl methyl sites for hydroxylation is 2. The van der Waals surface area contributed by atoms with Gasteiger partial charge in [0, 0.05) is 5.56 Å². The van der Waals surface area contributed by atoms with Gasteiger partial charge in [0.1, 0.15) is 5.76 Å². The van der Waals surface area contributed by atoms with Gasteiger partial charge in [0.25, 0.3) is 0 Å². The predicted octanol–water partition coefficient (Wildman–Crippen LogP) is 3.32. The highest BCUT2D eigenvalue weighted by atomic mass is 32.1. The van der Waals surface area contributed by atoms with Gasteiger partial charge < -0.3 is 9.52 Å². The summed E-state index contributed by atoms with van der Waals surface area (Å²) < 4.78 is 5.16. The summed E-state index contributed by atoms with van der Waals surface area (Å²) in [7, 11) is 0. The maximum absolute atomic E-state index is 9.88. The van der Waals surface area contributed by atoms with E-state index in [9.17, 15) is 5.11 Å². The molecular formula is C12H14O2S. The van der Waals surface area contributed by atoms with E-state index in [0.717, 1.165) is 24.2 Å². The van der Waals surface area contributed by atoms with Crippen LogP contribution >= 0.6 is 11.3 Å². The Morgan fingerprint density at radius 3 is 3.00 bits per heavy atom. The second-order valence-electron chi connectivity index (χ2n) is 3.68. The Bertz CT molecular complexity index is 403. The minimum Gasteiger partial charge on any atom is -0.469 e. The lowest BCUT2D eigenvalue weighted by molar-refractivity contribution is 0.167. The van der Waals surface area contributed by atoms with Crippen LogP contribution in [0.25, 0.3) is 0 Å². The summed E-state index contributed by atoms with van der Waals surface area (Å²) in [6, 6.07) is 3.98. The molecule has 2 aromatic heterocycles. The van der Waals surface area contributed by atoms with E-state index >= 15 is 0 Å². The maximum atomic E-state index is 9.88. The topological polar surface area (TPSA) is 33.4 Å². The number of rotatable bonds is 4. The molecule has 2 nitrogen and oxygen atoms in total. The summed E-state index contributed by atoms with van der Waals surface area (Å²) in [6.45, 7) is 1.88. The number of hydrogen-bond donors (Lipinski definition) is 1. The van der Waals surface area contributed by atoms with Crippen molar-refractivity contribution in [1.82, 2.24) is 0 Å². The summed E-state index contributed by atoms with van der Waals surface area (Å²) in [5, 5.41) is 14.1. The fourth-order valence-electron chi connectivity index (χ4n) is 1.54. The molecule has 0 amide bonds. The van der Waals surface area contributed by atoms with Gasteiger partial charge in [0.15, 0.2) is 0 Å². The molecule has 0 fully saturated rings. The second kappa shape index (κ2) is 4.64. The van der Waals surface area contributed by atoms with Gasteiger partial charge >= 0.3 is 0 Å². The molecule has 80 valence electrons. The van der Waals surface area contributed by atoms with Gasteiger partial charge in [-0.2, -0.15) is 11.3 Å². The van der Waals surface area contributed by atoms with E-state index in [1.807, 2.05) is 13.0 Å². The lowest BCUT2D eigenvalue weighted by atomic mass is 10.1. The number of hydrogen-bond acceptors (Lipinski definition) is 3. The fourth-order valence-corrected chi connectivity index (χ4v) is 2.25. The van der Waals surface area contributed by atoms with Gasteiger partial charge in [-0.1, -0.05) is 0 Å². The van der Waals surface area contributed by atoms with Crippen molar-refractivity contribution >= 4 is 11.3 Å². The molecule has 2 heterocycles. The van der Waals surface area contributed by atoms with Crippen molar-refractivity contribution in [2.45, 2.75) is 25.9 Å². The molecule has 0 aliphatic heterocycles. The predicted molar refractivity (Wildman–Crippen MR) is 61.0 cm³/mol. The highest BCUT2D eigenvalue weighted by Gasteiger charge is 2.10. The molecule has 2 aromatic rings. The molecule has 1 N–H and O–H groups in total. The van der Waals surface area contributed by atoms with Crippen LogP contribution in [0.4, 0.5) is 0 Å². The summed E-state index contributed by atoms with van der Waals surface area (Å²) >= 11 is 1.69. The second-order valence-corrected chi connectivity index (χ2v) is 4.46. The summed E-state index contributed by atoms with van der Waals surface area (Å²) in [5.41, 5.74) is 2.17. The third kappa shape index (κ3) is 2.70. The monoisotopic (exact) mass is 222 g/mol. The molecule has 0 aliphatic rings. The SMILES string of the molecule is Cc1cc(C(O)CCc2ccsc2)co1. The van der Waals surface area contributed by atoms with Crippen molar-refractivity contribution in [2.75, 3.05) is 0 Å². The van der Waals surface area contributed by atoms with Gasteiger partial charge in [-0.3, -0.25) is 0 Å². The van der Waals surface area contributed by atoms with Gasteiger partial charge in [-0.25, -0.2) is 0 Å². The zero-order valence-electron chi connectivity index (χ0n) is 8.64. The fraction of sp³-hybridized carbons (Fsp3) is 0.333. The normalized spacial score (nSPS) is 12.9. The van der Waals surface area contributed by atoms with Crippen LogP contribution in [0.3, 0.4) is 0 Å². The van der Waals surface area contributed by atoms with Crippen LogP contribution in [-0.2, 0) is 6.42 Å². The van der Waals surface area contributed by atoms with E-state index in [-0.39, 0.29) is 0 Å². The van der Waals surface area contributed by atoms with Crippen molar-refractivity contribution in [3.8, 4) is 0 Å². The van der Waals surface area contributed by atoms with E-state index in [1.54, 1.807) is 17.6 Å². The molecule has 0 aliphatic carbocycles. The van der Waals surface area contributed by atoms with E-state index in [2.05, 4.69) is 16.8 Å². The van der Waals surface area contributed by atoms with Crippen LogP contribution in [0.2, 0.25) is 0 Å². The molecule has 0 spiro atoms. The number of furan rings is 1. The third-order valence-electron chi connectivity index (χ3n) is 2.42. The smallest absolute Gasteiger partial charge is 0.101 e. The Balaban J connectivity index is 1.90. The molecule has 1 atom stereocenters. The van der Waals surface area contributed by atoms with E-state index in [1.165, 1.54) is 5.56 Å². The van der Waals surface area contributed by atoms with Crippen molar-refractivity contribution < 1.29 is 9.52 Å². The molecule has 0 saturated carbocycles. The molecule has 0 saturated heterocycles. The minimum atomic E-state index is -0.414. The molecule has 15 heavy (non-hydrogen) atoms. The average molecular weight is 222 g/mol. The Morgan fingerprint density at radius 1 is 1.53 bits per heavy atom. The number of aliphatic hydroxyl groups is 1. The molecule has 0 radical (unpaired) electrons. The third-order valence-corrected chi connectivity index (χ3v) is 3.15. The Labute approximate surface area is 93.2 Å². The summed E-state index contributed by atoms with van der Waals surface area (Å²) in [4.78, 5) is 0. The summed E-state index contributed by atoms with van der Waals surface area (Å²) in [6.07, 6.45) is 2.88. The quantitative estimate of drug-likeness (QED) is 0.861. The lowest BCUT2D eigenvalue weighted by Gasteiger charge is -2.06. The van der Waals surface area contributed by atoms with Gasteiger partial charge in [-0.15, -0.1) is 0 Å². The Hall–Kier alpha value is -1.06. The van der Waals surface area contributed by atoms with E-state index in [0.29, 0.717) is 0 Å². The standard InChI is InChI=1S/C12H14O2S/c1-9-6-11(7-14-9)12(13)3-2-10-4-5-15-8-10/h4-8,12-13H,2-3H2,1H3. The summed E-state index contributed by atoms with van der Waals surface area (Å²) in [5.74, 6) is 0.847. The molecule has 0 bridgehead atoms. The zero-order valence-corrected chi connectivity index (χ0v) is 9.46. The molecular weight excluding hydrogens is 208 g/mol. The minimum absolute atomic E-state index is 0.414. The largest absolute Gasteiger partial charge is 0.469 e. The first-order valence-electron chi connectivity index (χ1n) is 5.00.